The van der Waals surface area contributed by atoms with Crippen LogP contribution in [0.2, 0.25) is 0 Å². The fourth-order valence-electron chi connectivity index (χ4n) is 1.07. The fourth-order valence-corrected chi connectivity index (χ4v) is 1.59. The van der Waals surface area contributed by atoms with E-state index in [4.69, 9.17) is 51.6 Å². The van der Waals surface area contributed by atoms with Gasteiger partial charge in [-0.15, -0.1) is 0 Å². The SMILES string of the molecule is [O-][NH+](O)/C(Cl)=C(\Nc1ccccc1)C(Cl)=C(Cl)Cl. The third kappa shape index (κ3) is 4.33. The zero-order chi connectivity index (χ0) is 13.7. The van der Waals surface area contributed by atoms with Gasteiger partial charge in [-0.2, -0.15) is 5.23 Å². The molecule has 1 rings (SSSR count). The molecule has 1 atom stereocenters. The van der Waals surface area contributed by atoms with Gasteiger partial charge in [-0.3, -0.25) is 0 Å². The molecule has 0 aromatic heterocycles. The smallest absolute Gasteiger partial charge is 0.258 e. The summed E-state index contributed by atoms with van der Waals surface area (Å²) in [4.78, 5) is 0. The predicted molar refractivity (Wildman–Crippen MR) is 73.6 cm³/mol. The minimum absolute atomic E-state index is 0.0722. The normalized spacial score (nSPS) is 13.7. The molecule has 0 saturated carbocycles. The molecule has 0 heterocycles. The zero-order valence-corrected chi connectivity index (χ0v) is 11.8. The van der Waals surface area contributed by atoms with E-state index >= 15 is 0 Å². The maximum atomic E-state index is 10.9. The Bertz CT molecular complexity index is 470. The summed E-state index contributed by atoms with van der Waals surface area (Å²) in [7, 11) is 0. The Hall–Kier alpha value is -0.460. The minimum Gasteiger partial charge on any atom is -0.594 e. The third-order valence-electron chi connectivity index (χ3n) is 1.84. The zero-order valence-electron chi connectivity index (χ0n) is 8.75. The van der Waals surface area contributed by atoms with Gasteiger partial charge in [0.2, 0.25) is 0 Å². The average molecular weight is 330 g/mol. The van der Waals surface area contributed by atoms with E-state index in [1.807, 2.05) is 0 Å². The number of para-hydroxylation sites is 1. The summed E-state index contributed by atoms with van der Waals surface area (Å²) in [5.74, 6) is 0. The second kappa shape index (κ2) is 7.21. The van der Waals surface area contributed by atoms with E-state index in [2.05, 4.69) is 5.32 Å². The number of hydrogen-bond acceptors (Lipinski definition) is 3. The topological polar surface area (TPSA) is 59.8 Å². The number of hydroxylamine groups is 2. The van der Waals surface area contributed by atoms with Gasteiger partial charge in [0, 0.05) is 5.69 Å². The third-order valence-corrected chi connectivity index (χ3v) is 3.14. The molecule has 18 heavy (non-hydrogen) atoms. The number of nitrogens with one attached hydrogen (secondary N) is 2. The Labute approximate surface area is 124 Å². The lowest BCUT2D eigenvalue weighted by Crippen LogP contribution is -3.02. The minimum atomic E-state index is -1.34. The summed E-state index contributed by atoms with van der Waals surface area (Å²) in [5.41, 5.74) is 0.525. The van der Waals surface area contributed by atoms with Crippen LogP contribution in [0.5, 0.6) is 0 Å². The number of hydrogen-bond donors (Lipinski definition) is 3. The summed E-state index contributed by atoms with van der Waals surface area (Å²) >= 11 is 22.5. The van der Waals surface area contributed by atoms with Gasteiger partial charge in [0.1, 0.15) is 15.2 Å². The van der Waals surface area contributed by atoms with Crippen molar-refractivity contribution < 1.29 is 10.4 Å². The molecule has 1 aromatic carbocycles. The molecule has 98 valence electrons. The summed E-state index contributed by atoms with van der Waals surface area (Å²) in [5, 5.41) is 20.4. The van der Waals surface area contributed by atoms with Crippen molar-refractivity contribution in [3.05, 3.63) is 55.9 Å². The molecule has 0 fully saturated rings. The Morgan fingerprint density at radius 2 is 1.67 bits per heavy atom. The molecule has 4 nitrogen and oxygen atoms in total. The molecular weight excluding hydrogens is 322 g/mol. The Morgan fingerprint density at radius 1 is 1.11 bits per heavy atom. The summed E-state index contributed by atoms with van der Waals surface area (Å²) in [6.07, 6.45) is 0. The molecule has 0 aliphatic heterocycles. The number of benzene rings is 1. The first-order chi connectivity index (χ1) is 8.43. The van der Waals surface area contributed by atoms with Gasteiger partial charge >= 0.3 is 0 Å². The van der Waals surface area contributed by atoms with Gasteiger partial charge in [0.25, 0.3) is 5.16 Å². The summed E-state index contributed by atoms with van der Waals surface area (Å²) in [6, 6.07) is 8.74. The number of allylic oxidation sites excluding steroid dienone is 1. The number of anilines is 1. The van der Waals surface area contributed by atoms with Crippen LogP contribution in [0.25, 0.3) is 0 Å². The van der Waals surface area contributed by atoms with Crippen LogP contribution in [0.4, 0.5) is 5.69 Å². The van der Waals surface area contributed by atoms with Crippen LogP contribution in [-0.2, 0) is 0 Å². The van der Waals surface area contributed by atoms with Crippen molar-refractivity contribution >= 4 is 52.1 Å². The van der Waals surface area contributed by atoms with E-state index in [1.54, 1.807) is 30.3 Å². The molecule has 0 saturated heterocycles. The number of quaternary nitrogens is 1. The van der Waals surface area contributed by atoms with Crippen molar-refractivity contribution in [2.24, 2.45) is 0 Å². The first-order valence-corrected chi connectivity index (χ1v) is 6.11. The van der Waals surface area contributed by atoms with Crippen molar-refractivity contribution in [1.29, 1.82) is 0 Å². The lowest BCUT2D eigenvalue weighted by molar-refractivity contribution is -1.01. The number of rotatable bonds is 4. The molecule has 0 bridgehead atoms. The Kier molecular flexibility index (Phi) is 6.25. The Morgan fingerprint density at radius 3 is 2.11 bits per heavy atom. The van der Waals surface area contributed by atoms with Crippen molar-refractivity contribution in [3.8, 4) is 0 Å². The monoisotopic (exact) mass is 328 g/mol. The molecule has 0 aliphatic carbocycles. The highest BCUT2D eigenvalue weighted by atomic mass is 35.5. The highest BCUT2D eigenvalue weighted by Crippen LogP contribution is 2.28. The molecular formula is C10H8Cl4N2O2. The van der Waals surface area contributed by atoms with Crippen molar-refractivity contribution in [2.45, 2.75) is 0 Å². The van der Waals surface area contributed by atoms with Crippen LogP contribution >= 0.6 is 46.4 Å². The number of halogens is 4. The van der Waals surface area contributed by atoms with Gasteiger partial charge in [-0.05, 0) is 23.7 Å². The largest absolute Gasteiger partial charge is 0.594 e. The highest BCUT2D eigenvalue weighted by Gasteiger charge is 2.17. The average Bonchev–Trinajstić information content (AvgIpc) is 2.35. The summed E-state index contributed by atoms with van der Waals surface area (Å²) < 4.78 is -0.283. The van der Waals surface area contributed by atoms with E-state index in [0.29, 0.717) is 5.69 Å². The second-order valence-electron chi connectivity index (χ2n) is 3.06. The van der Waals surface area contributed by atoms with Gasteiger partial charge in [-0.1, -0.05) is 53.0 Å². The standard InChI is InChI=1S/C10H8Cl4N2O2/c11-7(9(12)13)8(10(14)16(17)18)15-6-4-2-1-3-5-6/h1-5,15-17H/b10-8-. The van der Waals surface area contributed by atoms with E-state index in [-0.39, 0.29) is 15.2 Å². The molecule has 8 heteroatoms. The second-order valence-corrected chi connectivity index (χ2v) is 4.76. The van der Waals surface area contributed by atoms with Crippen molar-refractivity contribution in [3.63, 3.8) is 0 Å². The van der Waals surface area contributed by atoms with Crippen molar-refractivity contribution in [1.82, 2.24) is 0 Å². The predicted octanol–water partition coefficient (Wildman–Crippen LogP) is 3.16. The maximum absolute atomic E-state index is 10.9. The molecule has 0 aliphatic rings. The summed E-state index contributed by atoms with van der Waals surface area (Å²) in [6.45, 7) is 0. The van der Waals surface area contributed by atoms with Crippen LogP contribution in [0, 0.1) is 5.21 Å². The highest BCUT2D eigenvalue weighted by molar-refractivity contribution is 6.60. The van der Waals surface area contributed by atoms with Crippen LogP contribution in [0.1, 0.15) is 0 Å². The fraction of sp³-hybridized carbons (Fsp3) is 0. The van der Waals surface area contributed by atoms with Crippen LogP contribution in [-0.4, -0.2) is 5.21 Å². The first-order valence-electron chi connectivity index (χ1n) is 4.59. The van der Waals surface area contributed by atoms with Crippen LogP contribution in [0.15, 0.2) is 50.7 Å². The van der Waals surface area contributed by atoms with E-state index in [9.17, 15) is 5.21 Å². The van der Waals surface area contributed by atoms with Crippen LogP contribution in [0.3, 0.4) is 0 Å². The van der Waals surface area contributed by atoms with Gasteiger partial charge in [0.05, 0.1) is 0 Å². The maximum Gasteiger partial charge on any atom is 0.258 e. The van der Waals surface area contributed by atoms with Crippen molar-refractivity contribution in [2.75, 3.05) is 5.32 Å². The molecule has 1 unspecified atom stereocenters. The van der Waals surface area contributed by atoms with Gasteiger partial charge < -0.3 is 10.5 Å². The molecule has 0 amide bonds. The first kappa shape index (κ1) is 15.6. The van der Waals surface area contributed by atoms with E-state index < -0.39 is 10.4 Å². The molecule has 3 N–H and O–H groups in total. The van der Waals surface area contributed by atoms with Crippen LogP contribution < -0.4 is 10.5 Å². The lowest BCUT2D eigenvalue weighted by Gasteiger charge is -2.16. The molecule has 0 radical (unpaired) electrons. The molecule has 0 spiro atoms. The Balaban J connectivity index is 3.16. The lowest BCUT2D eigenvalue weighted by atomic mass is 10.3. The van der Waals surface area contributed by atoms with Gasteiger partial charge in [0.15, 0.2) is 0 Å². The van der Waals surface area contributed by atoms with Gasteiger partial charge in [-0.25, -0.2) is 5.21 Å². The van der Waals surface area contributed by atoms with E-state index in [0.717, 1.165) is 0 Å². The van der Waals surface area contributed by atoms with E-state index in [1.165, 1.54) is 0 Å². The quantitative estimate of drug-likeness (QED) is 0.452. The molecule has 1 aromatic rings.